The second-order valence-electron chi connectivity index (χ2n) is 7.10. The summed E-state index contributed by atoms with van der Waals surface area (Å²) in [7, 11) is 3.58. The van der Waals surface area contributed by atoms with Crippen LogP contribution in [0.2, 0.25) is 0 Å². The molecule has 1 fully saturated rings. The van der Waals surface area contributed by atoms with Crippen LogP contribution in [0.3, 0.4) is 0 Å². The Bertz CT molecular complexity index is 842. The number of aromatic nitrogens is 1. The molecule has 2 aliphatic rings. The van der Waals surface area contributed by atoms with Crippen molar-refractivity contribution in [2.45, 2.75) is 31.1 Å². The average Bonchev–Trinajstić information content (AvgIpc) is 2.95. The molecule has 2 aromatic rings. The lowest BCUT2D eigenvalue weighted by molar-refractivity contribution is -0.200. The molecule has 1 aromatic heterocycles. The normalized spacial score (nSPS) is 26.5. The van der Waals surface area contributed by atoms with Gasteiger partial charge in [0.2, 0.25) is 5.91 Å². The lowest BCUT2D eigenvalue weighted by Gasteiger charge is -2.45. The first kappa shape index (κ1) is 16.4. The number of hydrogen-bond acceptors (Lipinski definition) is 2. The SMILES string of the molecule is CNC(=O)[C@@H]1CC2c3cccc4c3c(cn4C(F)(F)F)C[C@H]2N(C)C1. The highest BCUT2D eigenvalue weighted by atomic mass is 19.4. The lowest BCUT2D eigenvalue weighted by Crippen LogP contribution is -2.51. The summed E-state index contributed by atoms with van der Waals surface area (Å²) in [6.45, 7) is 0.631. The van der Waals surface area contributed by atoms with E-state index in [4.69, 9.17) is 0 Å². The molecule has 0 spiro atoms. The number of benzene rings is 1. The zero-order valence-electron chi connectivity index (χ0n) is 14.1. The van der Waals surface area contributed by atoms with Crippen LogP contribution in [0.5, 0.6) is 0 Å². The van der Waals surface area contributed by atoms with E-state index >= 15 is 0 Å². The summed E-state index contributed by atoms with van der Waals surface area (Å²) >= 11 is 0. The molecule has 134 valence electrons. The number of likely N-dealkylation sites (tertiary alicyclic amines) is 1. The summed E-state index contributed by atoms with van der Waals surface area (Å²) < 4.78 is 40.6. The molecule has 1 aliphatic carbocycles. The van der Waals surface area contributed by atoms with Crippen molar-refractivity contribution in [3.63, 3.8) is 0 Å². The maximum absolute atomic E-state index is 13.4. The quantitative estimate of drug-likeness (QED) is 0.858. The van der Waals surface area contributed by atoms with E-state index in [0.29, 0.717) is 29.3 Å². The maximum atomic E-state index is 13.4. The summed E-state index contributed by atoms with van der Waals surface area (Å²) in [4.78, 5) is 14.2. The van der Waals surface area contributed by atoms with E-state index in [-0.39, 0.29) is 29.3 Å². The molecule has 1 unspecified atom stereocenters. The van der Waals surface area contributed by atoms with Crippen LogP contribution in [0.25, 0.3) is 10.9 Å². The van der Waals surface area contributed by atoms with Crippen LogP contribution in [0.4, 0.5) is 13.2 Å². The summed E-state index contributed by atoms with van der Waals surface area (Å²) in [6.07, 6.45) is -1.94. The highest BCUT2D eigenvalue weighted by Crippen LogP contribution is 2.46. The number of nitrogens with zero attached hydrogens (tertiary/aromatic N) is 2. The topological polar surface area (TPSA) is 37.3 Å². The predicted molar refractivity (Wildman–Crippen MR) is 88.3 cm³/mol. The van der Waals surface area contributed by atoms with Crippen molar-refractivity contribution in [2.24, 2.45) is 5.92 Å². The third kappa shape index (κ3) is 2.44. The van der Waals surface area contributed by atoms with Gasteiger partial charge in [-0.2, -0.15) is 0 Å². The Morgan fingerprint density at radius 3 is 2.76 bits per heavy atom. The number of halogens is 3. The van der Waals surface area contributed by atoms with Gasteiger partial charge in [0.25, 0.3) is 0 Å². The van der Waals surface area contributed by atoms with E-state index in [2.05, 4.69) is 10.2 Å². The van der Waals surface area contributed by atoms with E-state index in [1.54, 1.807) is 13.1 Å². The zero-order valence-corrected chi connectivity index (χ0v) is 14.1. The summed E-state index contributed by atoms with van der Waals surface area (Å²) in [5.74, 6) is -0.0739. The molecule has 1 amide bonds. The monoisotopic (exact) mass is 351 g/mol. The third-order valence-corrected chi connectivity index (χ3v) is 5.74. The molecule has 1 saturated heterocycles. The summed E-state index contributed by atoms with van der Waals surface area (Å²) in [5.41, 5.74) is 1.89. The number of hydrogen-bond donors (Lipinski definition) is 1. The molecule has 3 atom stereocenters. The Hall–Kier alpha value is -2.02. The Morgan fingerprint density at radius 1 is 1.32 bits per heavy atom. The lowest BCUT2D eigenvalue weighted by atomic mass is 9.72. The molecule has 0 bridgehead atoms. The molecule has 1 N–H and O–H groups in total. The number of carbonyl (C=O) groups excluding carboxylic acids is 1. The first-order valence-corrected chi connectivity index (χ1v) is 8.43. The van der Waals surface area contributed by atoms with Gasteiger partial charge in [0.05, 0.1) is 11.4 Å². The van der Waals surface area contributed by atoms with E-state index in [1.807, 2.05) is 13.1 Å². The molecule has 4 nitrogen and oxygen atoms in total. The van der Waals surface area contributed by atoms with Crippen LogP contribution >= 0.6 is 0 Å². The van der Waals surface area contributed by atoms with Gasteiger partial charge in [0, 0.05) is 37.1 Å². The van der Waals surface area contributed by atoms with Crippen LogP contribution in [0.15, 0.2) is 24.4 Å². The van der Waals surface area contributed by atoms with E-state index in [1.165, 1.54) is 12.3 Å². The first-order valence-electron chi connectivity index (χ1n) is 8.43. The van der Waals surface area contributed by atoms with Crippen molar-refractivity contribution < 1.29 is 18.0 Å². The maximum Gasteiger partial charge on any atom is 0.488 e. The van der Waals surface area contributed by atoms with Gasteiger partial charge < -0.3 is 10.2 Å². The van der Waals surface area contributed by atoms with Gasteiger partial charge in [-0.05, 0) is 37.1 Å². The van der Waals surface area contributed by atoms with Crippen molar-refractivity contribution in [3.8, 4) is 0 Å². The molecular formula is C18H20F3N3O. The molecule has 7 heteroatoms. The van der Waals surface area contributed by atoms with Gasteiger partial charge in [-0.3, -0.25) is 9.36 Å². The number of likely N-dealkylation sites (N-methyl/N-ethyl adjacent to an activating group) is 1. The number of rotatable bonds is 1. The Morgan fingerprint density at radius 2 is 2.08 bits per heavy atom. The highest BCUT2D eigenvalue weighted by molar-refractivity contribution is 5.89. The number of piperidine rings is 1. The smallest absolute Gasteiger partial charge is 0.359 e. The first-order chi connectivity index (χ1) is 11.8. The Balaban J connectivity index is 1.84. The number of fused-ring (bicyclic) bond motifs is 2. The number of alkyl halides is 3. The van der Waals surface area contributed by atoms with E-state index in [0.717, 1.165) is 11.1 Å². The molecule has 25 heavy (non-hydrogen) atoms. The fourth-order valence-corrected chi connectivity index (χ4v) is 4.65. The fraction of sp³-hybridized carbons (Fsp3) is 0.500. The minimum atomic E-state index is -4.43. The van der Waals surface area contributed by atoms with Crippen molar-refractivity contribution in [2.75, 3.05) is 20.6 Å². The van der Waals surface area contributed by atoms with Crippen molar-refractivity contribution in [3.05, 3.63) is 35.5 Å². The van der Waals surface area contributed by atoms with Gasteiger partial charge in [-0.15, -0.1) is 13.2 Å². The third-order valence-electron chi connectivity index (χ3n) is 5.74. The second kappa shape index (κ2) is 5.49. The fourth-order valence-electron chi connectivity index (χ4n) is 4.65. The predicted octanol–water partition coefficient (Wildman–Crippen LogP) is 2.82. The Labute approximate surface area is 143 Å². The number of amides is 1. The number of nitrogens with one attached hydrogen (secondary N) is 1. The van der Waals surface area contributed by atoms with Crippen LogP contribution < -0.4 is 5.32 Å². The van der Waals surface area contributed by atoms with Gasteiger partial charge in [-0.1, -0.05) is 12.1 Å². The van der Waals surface area contributed by atoms with Crippen LogP contribution in [0, 0.1) is 5.92 Å². The van der Waals surface area contributed by atoms with Crippen LogP contribution in [-0.2, 0) is 17.5 Å². The molecule has 0 saturated carbocycles. The van der Waals surface area contributed by atoms with E-state index in [9.17, 15) is 18.0 Å². The van der Waals surface area contributed by atoms with E-state index < -0.39 is 6.30 Å². The summed E-state index contributed by atoms with van der Waals surface area (Å²) in [5, 5.41) is 3.42. The zero-order chi connectivity index (χ0) is 17.9. The van der Waals surface area contributed by atoms with Crippen LogP contribution in [0.1, 0.15) is 23.5 Å². The molecule has 4 rings (SSSR count). The van der Waals surface area contributed by atoms with Crippen molar-refractivity contribution in [1.82, 2.24) is 14.8 Å². The van der Waals surface area contributed by atoms with Gasteiger partial charge in [0.1, 0.15) is 0 Å². The molecule has 1 aromatic carbocycles. The molecule has 2 heterocycles. The molecule has 1 aliphatic heterocycles. The van der Waals surface area contributed by atoms with Gasteiger partial charge >= 0.3 is 6.30 Å². The van der Waals surface area contributed by atoms with Crippen molar-refractivity contribution in [1.29, 1.82) is 0 Å². The standard InChI is InChI=1S/C18H20F3N3O/c1-22-17(25)11-6-13-12-4-3-5-14-16(12)10(7-15(13)23(2)8-11)9-24(14)18(19,20)21/h3-5,9,11,13,15H,6-8H2,1-2H3,(H,22,25)/t11-,13?,15-/m1/s1. The van der Waals surface area contributed by atoms with Gasteiger partial charge in [0.15, 0.2) is 0 Å². The highest BCUT2D eigenvalue weighted by Gasteiger charge is 2.43. The van der Waals surface area contributed by atoms with Crippen molar-refractivity contribution >= 4 is 16.8 Å². The molecular weight excluding hydrogens is 331 g/mol. The largest absolute Gasteiger partial charge is 0.488 e. The number of carbonyl (C=O) groups is 1. The average molecular weight is 351 g/mol. The minimum absolute atomic E-state index is 0.00358. The van der Waals surface area contributed by atoms with Gasteiger partial charge in [-0.25, -0.2) is 0 Å². The Kier molecular flexibility index (Phi) is 3.61. The molecule has 0 radical (unpaired) electrons. The second-order valence-corrected chi connectivity index (χ2v) is 7.10. The minimum Gasteiger partial charge on any atom is -0.359 e. The summed E-state index contributed by atoms with van der Waals surface area (Å²) in [6, 6.07) is 5.26. The van der Waals surface area contributed by atoms with Crippen LogP contribution in [-0.4, -0.2) is 42.1 Å².